The number of rotatable bonds is 3. The molecule has 0 amide bonds. The summed E-state index contributed by atoms with van der Waals surface area (Å²) >= 11 is 0. The Labute approximate surface area is 170 Å². The van der Waals surface area contributed by atoms with Crippen LogP contribution in [-0.4, -0.2) is 9.97 Å². The second kappa shape index (κ2) is 7.14. The zero-order chi connectivity index (χ0) is 19.8. The normalized spacial score (nSPS) is 11.4. The first-order chi connectivity index (χ1) is 14.2. The van der Waals surface area contributed by atoms with Crippen LogP contribution in [0.15, 0.2) is 91.0 Å². The summed E-state index contributed by atoms with van der Waals surface area (Å²) in [5.41, 5.74) is 5.45. The van der Waals surface area contributed by atoms with E-state index in [9.17, 15) is 0 Å². The van der Waals surface area contributed by atoms with E-state index in [0.717, 1.165) is 33.5 Å². The van der Waals surface area contributed by atoms with Gasteiger partial charge in [0.25, 0.3) is 0 Å². The summed E-state index contributed by atoms with van der Waals surface area (Å²) < 4.78 is 0. The summed E-state index contributed by atoms with van der Waals surface area (Å²) in [5.74, 6) is 1.22. The summed E-state index contributed by atoms with van der Waals surface area (Å²) in [4.78, 5) is 10.00. The molecule has 0 bridgehead atoms. The number of hydrogen-bond acceptors (Lipinski definition) is 2. The highest BCUT2D eigenvalue weighted by molar-refractivity contribution is 6.03. The second-order valence-electron chi connectivity index (χ2n) is 7.72. The van der Waals surface area contributed by atoms with Crippen LogP contribution < -0.4 is 0 Å². The SMILES string of the molecule is CC(C)c1ccc2c(-c3cccc4ccccc34)nc(-c3ccccc3)nc2c1. The minimum Gasteiger partial charge on any atom is -0.228 e. The molecule has 4 aromatic carbocycles. The fourth-order valence-corrected chi connectivity index (χ4v) is 3.86. The maximum atomic E-state index is 5.05. The minimum absolute atomic E-state index is 0.454. The Morgan fingerprint density at radius 2 is 1.41 bits per heavy atom. The first kappa shape index (κ1) is 17.6. The summed E-state index contributed by atoms with van der Waals surface area (Å²) in [6.45, 7) is 4.43. The Morgan fingerprint density at radius 1 is 0.655 bits per heavy atom. The van der Waals surface area contributed by atoms with Gasteiger partial charge in [-0.1, -0.05) is 98.8 Å². The van der Waals surface area contributed by atoms with Gasteiger partial charge in [0.15, 0.2) is 5.82 Å². The smallest absolute Gasteiger partial charge is 0.160 e. The molecule has 5 rings (SSSR count). The lowest BCUT2D eigenvalue weighted by molar-refractivity contribution is 0.868. The first-order valence-electron chi connectivity index (χ1n) is 10.1. The topological polar surface area (TPSA) is 25.8 Å². The molecule has 29 heavy (non-hydrogen) atoms. The molecular weight excluding hydrogens is 352 g/mol. The van der Waals surface area contributed by atoms with E-state index in [4.69, 9.17) is 9.97 Å². The van der Waals surface area contributed by atoms with Gasteiger partial charge >= 0.3 is 0 Å². The van der Waals surface area contributed by atoms with Crippen molar-refractivity contribution >= 4 is 21.7 Å². The highest BCUT2D eigenvalue weighted by Crippen LogP contribution is 2.34. The average Bonchev–Trinajstić information content (AvgIpc) is 2.78. The van der Waals surface area contributed by atoms with Gasteiger partial charge in [0.2, 0.25) is 0 Å². The van der Waals surface area contributed by atoms with E-state index >= 15 is 0 Å². The monoisotopic (exact) mass is 374 g/mol. The van der Waals surface area contributed by atoms with Crippen molar-refractivity contribution < 1.29 is 0 Å². The molecule has 0 unspecified atom stereocenters. The van der Waals surface area contributed by atoms with Gasteiger partial charge < -0.3 is 0 Å². The molecule has 0 fully saturated rings. The van der Waals surface area contributed by atoms with Crippen molar-refractivity contribution in [1.82, 2.24) is 9.97 Å². The third-order valence-electron chi connectivity index (χ3n) is 5.46. The van der Waals surface area contributed by atoms with E-state index in [1.54, 1.807) is 0 Å². The van der Waals surface area contributed by atoms with E-state index in [0.29, 0.717) is 5.92 Å². The summed E-state index contributed by atoms with van der Waals surface area (Å²) in [6.07, 6.45) is 0. The van der Waals surface area contributed by atoms with Gasteiger partial charge in [-0.05, 0) is 28.3 Å². The quantitative estimate of drug-likeness (QED) is 0.332. The zero-order valence-electron chi connectivity index (χ0n) is 16.6. The predicted octanol–water partition coefficient (Wildman–Crippen LogP) is 7.24. The van der Waals surface area contributed by atoms with E-state index in [1.165, 1.54) is 16.3 Å². The molecule has 0 N–H and O–H groups in total. The van der Waals surface area contributed by atoms with Crippen molar-refractivity contribution in [3.8, 4) is 22.6 Å². The van der Waals surface area contributed by atoms with Crippen molar-refractivity contribution in [2.45, 2.75) is 19.8 Å². The Morgan fingerprint density at radius 3 is 2.24 bits per heavy atom. The van der Waals surface area contributed by atoms with Crippen LogP contribution in [0, 0.1) is 0 Å². The van der Waals surface area contributed by atoms with E-state index in [1.807, 2.05) is 18.2 Å². The molecule has 140 valence electrons. The number of nitrogens with zero attached hydrogens (tertiary/aromatic N) is 2. The summed E-state index contributed by atoms with van der Waals surface area (Å²) in [7, 11) is 0. The van der Waals surface area contributed by atoms with Crippen LogP contribution in [-0.2, 0) is 0 Å². The van der Waals surface area contributed by atoms with Gasteiger partial charge in [-0.2, -0.15) is 0 Å². The first-order valence-corrected chi connectivity index (χ1v) is 10.1. The van der Waals surface area contributed by atoms with Gasteiger partial charge in [0, 0.05) is 16.5 Å². The zero-order valence-corrected chi connectivity index (χ0v) is 16.6. The minimum atomic E-state index is 0.454. The molecular formula is C27H22N2. The fourth-order valence-electron chi connectivity index (χ4n) is 3.86. The predicted molar refractivity (Wildman–Crippen MR) is 122 cm³/mol. The largest absolute Gasteiger partial charge is 0.228 e. The highest BCUT2D eigenvalue weighted by Gasteiger charge is 2.14. The van der Waals surface area contributed by atoms with Crippen LogP contribution in [0.1, 0.15) is 25.3 Å². The molecule has 0 aliphatic rings. The summed E-state index contributed by atoms with van der Waals surface area (Å²) in [6, 6.07) is 31.7. The highest BCUT2D eigenvalue weighted by atomic mass is 14.9. The maximum Gasteiger partial charge on any atom is 0.160 e. The van der Waals surface area contributed by atoms with Crippen LogP contribution in [0.5, 0.6) is 0 Å². The van der Waals surface area contributed by atoms with Gasteiger partial charge in [0.05, 0.1) is 11.2 Å². The lowest BCUT2D eigenvalue weighted by Crippen LogP contribution is -1.97. The number of hydrogen-bond donors (Lipinski definition) is 0. The van der Waals surface area contributed by atoms with Crippen LogP contribution in [0.2, 0.25) is 0 Å². The van der Waals surface area contributed by atoms with Crippen molar-refractivity contribution in [1.29, 1.82) is 0 Å². The molecule has 0 aliphatic heterocycles. The summed E-state index contributed by atoms with van der Waals surface area (Å²) in [5, 5.41) is 3.52. The number of aromatic nitrogens is 2. The molecule has 2 nitrogen and oxygen atoms in total. The van der Waals surface area contributed by atoms with Crippen LogP contribution >= 0.6 is 0 Å². The Kier molecular flexibility index (Phi) is 4.33. The molecule has 0 atom stereocenters. The number of benzene rings is 4. The third-order valence-corrected chi connectivity index (χ3v) is 5.46. The van der Waals surface area contributed by atoms with Crippen LogP contribution in [0.25, 0.3) is 44.3 Å². The van der Waals surface area contributed by atoms with Gasteiger partial charge in [-0.25, -0.2) is 9.97 Å². The lowest BCUT2D eigenvalue weighted by atomic mass is 9.96. The lowest BCUT2D eigenvalue weighted by Gasteiger charge is -2.13. The standard InChI is InChI=1S/C27H22N2/c1-18(2)21-15-16-24-25(17-21)28-27(20-10-4-3-5-11-20)29-26(24)23-14-8-12-19-9-6-7-13-22(19)23/h3-18H,1-2H3. The van der Waals surface area contributed by atoms with Gasteiger partial charge in [0.1, 0.15) is 0 Å². The molecule has 5 aromatic rings. The van der Waals surface area contributed by atoms with E-state index in [-0.39, 0.29) is 0 Å². The van der Waals surface area contributed by atoms with E-state index in [2.05, 4.69) is 86.6 Å². The van der Waals surface area contributed by atoms with Crippen molar-refractivity contribution in [3.05, 3.63) is 96.6 Å². The second-order valence-corrected chi connectivity index (χ2v) is 7.72. The molecule has 1 heterocycles. The van der Waals surface area contributed by atoms with Gasteiger partial charge in [-0.15, -0.1) is 0 Å². The number of fused-ring (bicyclic) bond motifs is 2. The van der Waals surface area contributed by atoms with Crippen LogP contribution in [0.3, 0.4) is 0 Å². The average molecular weight is 374 g/mol. The molecule has 0 saturated heterocycles. The fraction of sp³-hybridized carbons (Fsp3) is 0.111. The molecule has 0 radical (unpaired) electrons. The molecule has 0 spiro atoms. The maximum absolute atomic E-state index is 5.05. The molecule has 1 aromatic heterocycles. The van der Waals surface area contributed by atoms with Crippen molar-refractivity contribution in [2.75, 3.05) is 0 Å². The van der Waals surface area contributed by atoms with Crippen LogP contribution in [0.4, 0.5) is 0 Å². The van der Waals surface area contributed by atoms with Crippen molar-refractivity contribution in [2.24, 2.45) is 0 Å². The molecule has 2 heteroatoms. The molecule has 0 aliphatic carbocycles. The Balaban J connectivity index is 1.86. The Hall–Kier alpha value is -3.52. The molecule has 0 saturated carbocycles. The van der Waals surface area contributed by atoms with E-state index < -0.39 is 0 Å². The third kappa shape index (κ3) is 3.17. The Bertz CT molecular complexity index is 1320. The van der Waals surface area contributed by atoms with Crippen molar-refractivity contribution in [3.63, 3.8) is 0 Å². The van der Waals surface area contributed by atoms with Gasteiger partial charge in [-0.3, -0.25) is 0 Å².